The molecule has 2 rings (SSSR count). The van der Waals surface area contributed by atoms with E-state index in [0.29, 0.717) is 6.42 Å². The average molecular weight is 233 g/mol. The summed E-state index contributed by atoms with van der Waals surface area (Å²) in [5, 5.41) is 0. The van der Waals surface area contributed by atoms with E-state index in [1.165, 1.54) is 6.42 Å². The molecule has 0 radical (unpaired) electrons. The van der Waals surface area contributed by atoms with E-state index in [0.717, 1.165) is 42.7 Å². The number of nitrogens with two attached hydrogens (primary N) is 1. The molecule has 0 saturated heterocycles. The van der Waals surface area contributed by atoms with Crippen molar-refractivity contribution in [1.29, 1.82) is 0 Å². The molecular weight excluding hydrogens is 214 g/mol. The maximum atomic E-state index is 11.3. The quantitative estimate of drug-likeness (QED) is 0.598. The summed E-state index contributed by atoms with van der Waals surface area (Å²) in [7, 11) is 0. The van der Waals surface area contributed by atoms with E-state index in [-0.39, 0.29) is 5.91 Å². The Morgan fingerprint density at radius 3 is 2.94 bits per heavy atom. The van der Waals surface area contributed by atoms with Crippen LogP contribution in [-0.4, -0.2) is 12.5 Å². The number of hydrogen-bond acceptors (Lipinski definition) is 3. The summed E-state index contributed by atoms with van der Waals surface area (Å²) in [6.45, 7) is 0.935. The Morgan fingerprint density at radius 1 is 1.24 bits per heavy atom. The predicted octanol–water partition coefficient (Wildman–Crippen LogP) is 1.28. The first kappa shape index (κ1) is 11.9. The number of hydrogen-bond donors (Lipinski definition) is 3. The van der Waals surface area contributed by atoms with E-state index in [9.17, 15) is 4.79 Å². The fourth-order valence-electron chi connectivity index (χ4n) is 2.17. The number of carbonyl (C=O) groups excluding carboxylic acids is 1. The highest BCUT2D eigenvalue weighted by molar-refractivity contribution is 5.94. The molecule has 0 aromatic heterocycles. The molecule has 0 spiro atoms. The minimum Gasteiger partial charge on any atom is -0.366 e. The third-order valence-corrected chi connectivity index (χ3v) is 3.13. The van der Waals surface area contributed by atoms with E-state index in [2.05, 4.69) is 23.0 Å². The molecular formula is C13H19N3O. The summed E-state index contributed by atoms with van der Waals surface area (Å²) >= 11 is 0. The van der Waals surface area contributed by atoms with Crippen molar-refractivity contribution in [2.75, 3.05) is 6.54 Å². The van der Waals surface area contributed by atoms with Crippen molar-refractivity contribution < 1.29 is 4.79 Å². The maximum Gasteiger partial charge on any atom is 0.245 e. The Bertz CT molecular complexity index is 393. The van der Waals surface area contributed by atoms with Gasteiger partial charge in [0.05, 0.1) is 0 Å². The number of allylic oxidation sites excluding steroid dienone is 4. The lowest BCUT2D eigenvalue weighted by molar-refractivity contribution is -0.114. The zero-order valence-electron chi connectivity index (χ0n) is 9.96. The lowest BCUT2D eigenvalue weighted by atomic mass is 10.1. The molecule has 1 heterocycles. The number of hydrazine groups is 1. The van der Waals surface area contributed by atoms with Crippen LogP contribution >= 0.6 is 0 Å². The van der Waals surface area contributed by atoms with Crippen molar-refractivity contribution >= 4 is 5.91 Å². The molecule has 1 aliphatic carbocycles. The average Bonchev–Trinajstić information content (AvgIpc) is 2.68. The van der Waals surface area contributed by atoms with Crippen LogP contribution in [0, 0.1) is 0 Å². The highest BCUT2D eigenvalue weighted by atomic mass is 16.1. The summed E-state index contributed by atoms with van der Waals surface area (Å²) < 4.78 is 0. The van der Waals surface area contributed by atoms with Crippen molar-refractivity contribution in [3.63, 3.8) is 0 Å². The van der Waals surface area contributed by atoms with Crippen LogP contribution in [0.4, 0.5) is 0 Å². The van der Waals surface area contributed by atoms with Gasteiger partial charge in [-0.3, -0.25) is 4.79 Å². The lowest BCUT2D eigenvalue weighted by Gasteiger charge is -2.12. The van der Waals surface area contributed by atoms with Crippen molar-refractivity contribution in [2.45, 2.75) is 32.1 Å². The minimum absolute atomic E-state index is 0.309. The van der Waals surface area contributed by atoms with Crippen molar-refractivity contribution in [2.24, 2.45) is 5.73 Å². The van der Waals surface area contributed by atoms with Gasteiger partial charge in [0.2, 0.25) is 5.91 Å². The first-order valence-corrected chi connectivity index (χ1v) is 6.15. The first-order valence-electron chi connectivity index (χ1n) is 6.15. The fourth-order valence-corrected chi connectivity index (χ4v) is 2.17. The third kappa shape index (κ3) is 2.97. The van der Waals surface area contributed by atoms with Gasteiger partial charge in [-0.25, -0.2) is 5.43 Å². The monoisotopic (exact) mass is 233 g/mol. The van der Waals surface area contributed by atoms with Gasteiger partial charge in [-0.15, -0.1) is 0 Å². The SMILES string of the molecule is NC(=O)C1=C2C/C=C\CCCCNNC2=CC1. The first-order chi connectivity index (χ1) is 8.29. The van der Waals surface area contributed by atoms with Crippen molar-refractivity contribution in [3.8, 4) is 0 Å². The molecule has 4 N–H and O–H groups in total. The molecule has 0 saturated carbocycles. The molecule has 4 nitrogen and oxygen atoms in total. The molecule has 4 heteroatoms. The van der Waals surface area contributed by atoms with Gasteiger partial charge in [0.1, 0.15) is 0 Å². The van der Waals surface area contributed by atoms with Crippen molar-refractivity contribution in [1.82, 2.24) is 10.9 Å². The Morgan fingerprint density at radius 2 is 2.12 bits per heavy atom. The fraction of sp³-hybridized carbons (Fsp3) is 0.462. The Kier molecular flexibility index (Phi) is 3.98. The molecule has 17 heavy (non-hydrogen) atoms. The number of amides is 1. The summed E-state index contributed by atoms with van der Waals surface area (Å²) in [4.78, 5) is 11.3. The highest BCUT2D eigenvalue weighted by Crippen LogP contribution is 2.27. The van der Waals surface area contributed by atoms with Crippen LogP contribution in [-0.2, 0) is 4.79 Å². The van der Waals surface area contributed by atoms with Crippen LogP contribution in [0.2, 0.25) is 0 Å². The Balaban J connectivity index is 2.18. The van der Waals surface area contributed by atoms with E-state index >= 15 is 0 Å². The molecule has 0 fully saturated rings. The maximum absolute atomic E-state index is 11.3. The van der Waals surface area contributed by atoms with Gasteiger partial charge >= 0.3 is 0 Å². The molecule has 0 aromatic carbocycles. The number of carbonyl (C=O) groups is 1. The molecule has 0 atom stereocenters. The van der Waals surface area contributed by atoms with Crippen LogP contribution in [0.1, 0.15) is 32.1 Å². The summed E-state index contributed by atoms with van der Waals surface area (Å²) in [6.07, 6.45) is 11.2. The molecule has 0 unspecified atom stereocenters. The Hall–Kier alpha value is -1.55. The molecule has 2 aliphatic rings. The van der Waals surface area contributed by atoms with E-state index in [4.69, 9.17) is 5.73 Å². The number of rotatable bonds is 1. The second-order valence-corrected chi connectivity index (χ2v) is 4.37. The minimum atomic E-state index is -0.309. The van der Waals surface area contributed by atoms with E-state index in [1.807, 2.05) is 6.08 Å². The largest absolute Gasteiger partial charge is 0.366 e. The molecule has 92 valence electrons. The van der Waals surface area contributed by atoms with Gasteiger partial charge in [0, 0.05) is 17.8 Å². The molecule has 1 amide bonds. The van der Waals surface area contributed by atoms with E-state index in [1.54, 1.807) is 0 Å². The van der Waals surface area contributed by atoms with Crippen LogP contribution in [0.15, 0.2) is 35.1 Å². The normalized spacial score (nSPS) is 23.2. The molecule has 0 bridgehead atoms. The van der Waals surface area contributed by atoms with Gasteiger partial charge in [0.25, 0.3) is 0 Å². The van der Waals surface area contributed by atoms with Gasteiger partial charge in [-0.2, -0.15) is 0 Å². The number of primary amides is 1. The molecule has 1 aliphatic heterocycles. The predicted molar refractivity (Wildman–Crippen MR) is 67.7 cm³/mol. The Labute approximate surface area is 102 Å². The zero-order valence-corrected chi connectivity index (χ0v) is 9.96. The van der Waals surface area contributed by atoms with Gasteiger partial charge < -0.3 is 11.2 Å². The van der Waals surface area contributed by atoms with Crippen LogP contribution in [0.3, 0.4) is 0 Å². The smallest absolute Gasteiger partial charge is 0.245 e. The second-order valence-electron chi connectivity index (χ2n) is 4.37. The summed E-state index contributed by atoms with van der Waals surface area (Å²) in [5.74, 6) is -0.309. The highest BCUT2D eigenvalue weighted by Gasteiger charge is 2.20. The van der Waals surface area contributed by atoms with Crippen LogP contribution in [0.25, 0.3) is 0 Å². The summed E-state index contributed by atoms with van der Waals surface area (Å²) in [5.41, 5.74) is 14.5. The van der Waals surface area contributed by atoms with Gasteiger partial charge in [-0.05, 0) is 37.7 Å². The summed E-state index contributed by atoms with van der Waals surface area (Å²) in [6, 6.07) is 0. The van der Waals surface area contributed by atoms with Crippen LogP contribution in [0.5, 0.6) is 0 Å². The van der Waals surface area contributed by atoms with E-state index < -0.39 is 0 Å². The second kappa shape index (κ2) is 5.68. The van der Waals surface area contributed by atoms with Crippen LogP contribution < -0.4 is 16.6 Å². The van der Waals surface area contributed by atoms with Crippen molar-refractivity contribution in [3.05, 3.63) is 35.1 Å². The van der Waals surface area contributed by atoms with Gasteiger partial charge in [-0.1, -0.05) is 18.2 Å². The lowest BCUT2D eigenvalue weighted by Crippen LogP contribution is -2.32. The molecule has 0 aromatic rings. The zero-order chi connectivity index (χ0) is 12.1. The number of nitrogens with one attached hydrogen (secondary N) is 2. The number of fused-ring (bicyclic) bond motifs is 1. The topological polar surface area (TPSA) is 67.2 Å². The standard InChI is InChI=1S/C13H19N3O/c14-13(17)11-7-8-12-10(11)6-4-2-1-3-5-9-15-16-12/h2,4,8,15-16H,1,3,5-7,9H2,(H2,14,17)/b4-2-. The van der Waals surface area contributed by atoms with Gasteiger partial charge in [0.15, 0.2) is 0 Å². The third-order valence-electron chi connectivity index (χ3n) is 3.13.